The van der Waals surface area contributed by atoms with E-state index >= 15 is 0 Å². The molecule has 0 N–H and O–H groups in total. The van der Waals surface area contributed by atoms with Gasteiger partial charge >= 0.3 is 5.97 Å². The molecule has 2 aliphatic rings. The van der Waals surface area contributed by atoms with Gasteiger partial charge in [0, 0.05) is 6.42 Å². The van der Waals surface area contributed by atoms with E-state index < -0.39 is 5.97 Å². The lowest BCUT2D eigenvalue weighted by molar-refractivity contribution is -0.132. The highest BCUT2D eigenvalue weighted by molar-refractivity contribution is 6.33. The molecule has 30 heavy (non-hydrogen) atoms. The molecule has 3 unspecified atom stereocenters. The molecule has 6 nitrogen and oxygen atoms in total. The van der Waals surface area contributed by atoms with Crippen molar-refractivity contribution < 1.29 is 28.5 Å². The Morgan fingerprint density at radius 3 is 2.53 bits per heavy atom. The van der Waals surface area contributed by atoms with Gasteiger partial charge in [0.05, 0.1) is 23.6 Å². The van der Waals surface area contributed by atoms with Gasteiger partial charge in [0.2, 0.25) is 11.5 Å². The number of esters is 1. The van der Waals surface area contributed by atoms with Crippen molar-refractivity contribution in [2.45, 2.75) is 31.5 Å². The summed E-state index contributed by atoms with van der Waals surface area (Å²) in [5.74, 6) is 0.515. The first kappa shape index (κ1) is 20.3. The normalized spacial score (nSPS) is 22.9. The maximum atomic E-state index is 12.9. The summed E-state index contributed by atoms with van der Waals surface area (Å²) in [5.41, 5.74) is 0.331. The Hall–Kier alpha value is -2.99. The number of benzene rings is 2. The quantitative estimate of drug-likeness (QED) is 0.650. The maximum Gasteiger partial charge on any atom is 0.339 e. The SMILES string of the molecule is COc1ccc(OC2=COC3CC(OC(=O)c4ccccc4Cl)CCC3C2=O)cc1. The average molecular weight is 429 g/mol. The van der Waals surface area contributed by atoms with Gasteiger partial charge < -0.3 is 18.9 Å². The van der Waals surface area contributed by atoms with Crippen LogP contribution in [0.5, 0.6) is 11.5 Å². The molecule has 2 aromatic rings. The van der Waals surface area contributed by atoms with Gasteiger partial charge in [-0.05, 0) is 49.2 Å². The Bertz CT molecular complexity index is 968. The van der Waals surface area contributed by atoms with Crippen LogP contribution in [-0.2, 0) is 14.3 Å². The molecule has 156 valence electrons. The monoisotopic (exact) mass is 428 g/mol. The minimum atomic E-state index is -0.467. The highest BCUT2D eigenvalue weighted by Crippen LogP contribution is 2.35. The first-order chi connectivity index (χ1) is 14.5. The van der Waals surface area contributed by atoms with Gasteiger partial charge in [-0.25, -0.2) is 4.79 Å². The summed E-state index contributed by atoms with van der Waals surface area (Å²) in [6.45, 7) is 0. The lowest BCUT2D eigenvalue weighted by atomic mass is 9.80. The van der Waals surface area contributed by atoms with E-state index in [0.29, 0.717) is 41.3 Å². The van der Waals surface area contributed by atoms with Crippen molar-refractivity contribution in [1.82, 2.24) is 0 Å². The van der Waals surface area contributed by atoms with E-state index in [9.17, 15) is 9.59 Å². The number of fused-ring (bicyclic) bond motifs is 1. The predicted octanol–water partition coefficient (Wildman–Crippen LogP) is 4.56. The summed E-state index contributed by atoms with van der Waals surface area (Å²) in [7, 11) is 1.58. The number of rotatable bonds is 5. The fourth-order valence-electron chi connectivity index (χ4n) is 3.73. The second-order valence-corrected chi connectivity index (χ2v) is 7.63. The Morgan fingerprint density at radius 2 is 1.80 bits per heavy atom. The first-order valence-electron chi connectivity index (χ1n) is 9.72. The van der Waals surface area contributed by atoms with Crippen LogP contribution in [0.4, 0.5) is 0 Å². The van der Waals surface area contributed by atoms with E-state index in [4.69, 9.17) is 30.5 Å². The molecule has 1 fully saturated rings. The molecule has 1 heterocycles. The topological polar surface area (TPSA) is 71.1 Å². The van der Waals surface area contributed by atoms with Crippen LogP contribution in [0.25, 0.3) is 0 Å². The standard InChI is InChI=1S/C23H21ClO6/c1-27-14-6-8-15(9-7-14)29-21-13-28-20-12-16(10-11-18(20)22(21)25)30-23(26)17-4-2-3-5-19(17)24/h2-9,13,16,18,20H,10-12H2,1H3. The van der Waals surface area contributed by atoms with Crippen LogP contribution in [0.3, 0.4) is 0 Å². The van der Waals surface area contributed by atoms with Gasteiger partial charge in [0.1, 0.15) is 30.0 Å². The lowest BCUT2D eigenvalue weighted by Crippen LogP contribution is -2.43. The Kier molecular flexibility index (Phi) is 5.95. The molecule has 1 aliphatic carbocycles. The van der Waals surface area contributed by atoms with Crippen LogP contribution in [-0.4, -0.2) is 31.1 Å². The minimum absolute atomic E-state index is 0.0991. The minimum Gasteiger partial charge on any atom is -0.497 e. The second kappa shape index (κ2) is 8.79. The second-order valence-electron chi connectivity index (χ2n) is 7.23. The number of Topliss-reactive ketones (excluding diaryl/α,β-unsaturated/α-hetero) is 1. The first-order valence-corrected chi connectivity index (χ1v) is 10.1. The molecule has 0 spiro atoms. The Labute approximate surface area is 179 Å². The molecular formula is C23H21ClO6. The van der Waals surface area contributed by atoms with E-state index in [1.54, 1.807) is 55.6 Å². The van der Waals surface area contributed by atoms with E-state index in [0.717, 1.165) is 0 Å². The van der Waals surface area contributed by atoms with Crippen LogP contribution < -0.4 is 9.47 Å². The molecule has 4 rings (SSSR count). The van der Waals surface area contributed by atoms with Crippen molar-refractivity contribution in [1.29, 1.82) is 0 Å². The smallest absolute Gasteiger partial charge is 0.339 e. The van der Waals surface area contributed by atoms with Gasteiger partial charge in [-0.2, -0.15) is 0 Å². The molecule has 0 bridgehead atoms. The predicted molar refractivity (Wildman–Crippen MR) is 110 cm³/mol. The molecule has 1 saturated carbocycles. The van der Waals surface area contributed by atoms with E-state index in [-0.39, 0.29) is 29.7 Å². The third-order valence-electron chi connectivity index (χ3n) is 5.33. The zero-order valence-corrected chi connectivity index (χ0v) is 17.1. The van der Waals surface area contributed by atoms with Crippen LogP contribution in [0.2, 0.25) is 5.02 Å². The van der Waals surface area contributed by atoms with Gasteiger partial charge in [0.25, 0.3) is 0 Å². The van der Waals surface area contributed by atoms with Crippen LogP contribution in [0.1, 0.15) is 29.6 Å². The summed E-state index contributed by atoms with van der Waals surface area (Å²) >= 11 is 6.07. The molecule has 0 radical (unpaired) electrons. The number of hydrogen-bond acceptors (Lipinski definition) is 6. The summed E-state index contributed by atoms with van der Waals surface area (Å²) in [4.78, 5) is 25.3. The molecule has 0 aromatic heterocycles. The fourth-order valence-corrected chi connectivity index (χ4v) is 3.94. The third-order valence-corrected chi connectivity index (χ3v) is 5.66. The molecule has 7 heteroatoms. The number of hydrogen-bond donors (Lipinski definition) is 0. The number of carbonyl (C=O) groups is 2. The molecule has 3 atom stereocenters. The number of halogens is 1. The van der Waals surface area contributed by atoms with Crippen LogP contribution >= 0.6 is 11.6 Å². The van der Waals surface area contributed by atoms with Crippen molar-refractivity contribution in [2.24, 2.45) is 5.92 Å². The van der Waals surface area contributed by atoms with Crippen LogP contribution in [0.15, 0.2) is 60.6 Å². The number of ether oxygens (including phenoxy) is 4. The fraction of sp³-hybridized carbons (Fsp3) is 0.304. The summed E-state index contributed by atoms with van der Waals surface area (Å²) in [6, 6.07) is 13.7. The molecular weight excluding hydrogens is 408 g/mol. The van der Waals surface area contributed by atoms with Crippen molar-refractivity contribution in [3.63, 3.8) is 0 Å². The summed E-state index contributed by atoms with van der Waals surface area (Å²) in [6.07, 6.45) is 2.24. The van der Waals surface area contributed by atoms with E-state index in [1.807, 2.05) is 0 Å². The number of carbonyl (C=O) groups excluding carboxylic acids is 2. The summed E-state index contributed by atoms with van der Waals surface area (Å²) < 4.78 is 22.2. The number of allylic oxidation sites excluding steroid dienone is 1. The van der Waals surface area contributed by atoms with Gasteiger partial charge in [-0.1, -0.05) is 23.7 Å². The van der Waals surface area contributed by atoms with Crippen molar-refractivity contribution >= 4 is 23.4 Å². The lowest BCUT2D eigenvalue weighted by Gasteiger charge is -2.36. The third kappa shape index (κ3) is 4.28. The zero-order valence-electron chi connectivity index (χ0n) is 16.4. The molecule has 0 saturated heterocycles. The van der Waals surface area contributed by atoms with Gasteiger partial charge in [0.15, 0.2) is 0 Å². The van der Waals surface area contributed by atoms with Crippen molar-refractivity contribution in [3.8, 4) is 11.5 Å². The zero-order chi connectivity index (χ0) is 21.1. The maximum absolute atomic E-state index is 12.9. The van der Waals surface area contributed by atoms with Gasteiger partial charge in [-0.15, -0.1) is 0 Å². The molecule has 0 amide bonds. The Balaban J connectivity index is 1.38. The van der Waals surface area contributed by atoms with Crippen molar-refractivity contribution in [2.75, 3.05) is 7.11 Å². The average Bonchev–Trinajstić information content (AvgIpc) is 2.76. The van der Waals surface area contributed by atoms with Crippen LogP contribution in [0, 0.1) is 5.92 Å². The highest BCUT2D eigenvalue weighted by Gasteiger charge is 2.42. The summed E-state index contributed by atoms with van der Waals surface area (Å²) in [5, 5.41) is 0.350. The molecule has 1 aliphatic heterocycles. The molecule has 2 aromatic carbocycles. The number of methoxy groups -OCH3 is 1. The Morgan fingerprint density at radius 1 is 1.07 bits per heavy atom. The van der Waals surface area contributed by atoms with Crippen molar-refractivity contribution in [3.05, 3.63) is 71.1 Å². The number of ketones is 1. The van der Waals surface area contributed by atoms with Gasteiger partial charge in [-0.3, -0.25) is 4.79 Å². The highest BCUT2D eigenvalue weighted by atomic mass is 35.5. The van der Waals surface area contributed by atoms with E-state index in [2.05, 4.69) is 0 Å². The largest absolute Gasteiger partial charge is 0.497 e. The van der Waals surface area contributed by atoms with E-state index in [1.165, 1.54) is 6.26 Å².